The molecule has 0 radical (unpaired) electrons. The number of hydrogen-bond donors (Lipinski definition) is 0. The van der Waals surface area contributed by atoms with Crippen LogP contribution in [0.15, 0.2) is 48.5 Å². The van der Waals surface area contributed by atoms with Gasteiger partial charge in [-0.25, -0.2) is 4.39 Å². The molecule has 3 aromatic rings. The van der Waals surface area contributed by atoms with Crippen LogP contribution in [0.2, 0.25) is 0 Å². The molecule has 41 heavy (non-hydrogen) atoms. The van der Waals surface area contributed by atoms with Crippen molar-refractivity contribution in [2.24, 2.45) is 11.3 Å². The Morgan fingerprint density at radius 2 is 1.29 bits per heavy atom. The normalized spacial score (nSPS) is 17.6. The molecule has 0 heterocycles. The van der Waals surface area contributed by atoms with Gasteiger partial charge in [-0.15, -0.1) is 0 Å². The number of hydrogen-bond acceptors (Lipinski definition) is 1. The SMILES string of the molecule is CCc1cc(-c2ccc(-c3ccc(C4CCC(C)CC4)cc3F)cc2)c(CC)c(CC)c1OCC(CC)(CC)CC. The number of benzene rings is 3. The summed E-state index contributed by atoms with van der Waals surface area (Å²) >= 11 is 0. The van der Waals surface area contributed by atoms with Gasteiger partial charge in [0.1, 0.15) is 11.6 Å². The first-order chi connectivity index (χ1) is 19.8. The second-order valence-electron chi connectivity index (χ2n) is 12.6. The van der Waals surface area contributed by atoms with Crippen LogP contribution >= 0.6 is 0 Å². The maximum atomic E-state index is 15.4. The lowest BCUT2D eigenvalue weighted by Gasteiger charge is -2.32. The average Bonchev–Trinajstić information content (AvgIpc) is 3.01. The highest BCUT2D eigenvalue weighted by Gasteiger charge is 2.27. The van der Waals surface area contributed by atoms with Gasteiger partial charge in [-0.3, -0.25) is 0 Å². The number of rotatable bonds is 12. The second kappa shape index (κ2) is 14.0. The van der Waals surface area contributed by atoms with Crippen LogP contribution in [0, 0.1) is 17.2 Å². The van der Waals surface area contributed by atoms with E-state index in [1.54, 1.807) is 6.07 Å². The van der Waals surface area contributed by atoms with Crippen molar-refractivity contribution in [3.8, 4) is 28.0 Å². The molecule has 0 aromatic heterocycles. The average molecular weight is 557 g/mol. The third kappa shape index (κ3) is 6.73. The predicted molar refractivity (Wildman–Crippen MR) is 175 cm³/mol. The van der Waals surface area contributed by atoms with E-state index in [4.69, 9.17) is 4.74 Å². The van der Waals surface area contributed by atoms with Crippen LogP contribution in [0.5, 0.6) is 5.75 Å². The molecule has 0 aliphatic heterocycles. The van der Waals surface area contributed by atoms with Crippen LogP contribution in [0.25, 0.3) is 22.3 Å². The Bertz CT molecular complexity index is 1270. The molecule has 1 saturated carbocycles. The smallest absolute Gasteiger partial charge is 0.131 e. The zero-order chi connectivity index (χ0) is 29.6. The first-order valence-corrected chi connectivity index (χ1v) is 16.5. The number of aryl methyl sites for hydroxylation is 1. The molecule has 1 aliphatic rings. The van der Waals surface area contributed by atoms with Gasteiger partial charge in [-0.2, -0.15) is 0 Å². The summed E-state index contributed by atoms with van der Waals surface area (Å²) in [5, 5.41) is 0. The molecule has 0 atom stereocenters. The van der Waals surface area contributed by atoms with E-state index in [0.717, 1.165) is 67.9 Å². The summed E-state index contributed by atoms with van der Waals surface area (Å²) in [6.45, 7) is 16.7. The lowest BCUT2D eigenvalue weighted by molar-refractivity contribution is 0.126. The number of ether oxygens (including phenoxy) is 1. The van der Waals surface area contributed by atoms with Crippen LogP contribution in [0.4, 0.5) is 4.39 Å². The molecule has 0 unspecified atom stereocenters. The molecular formula is C39H53FO. The van der Waals surface area contributed by atoms with Gasteiger partial charge in [0.2, 0.25) is 0 Å². The molecule has 222 valence electrons. The van der Waals surface area contributed by atoms with Crippen molar-refractivity contribution in [2.45, 2.75) is 119 Å². The van der Waals surface area contributed by atoms with Gasteiger partial charge in [0.15, 0.2) is 0 Å². The summed E-state index contributed by atoms with van der Waals surface area (Å²) < 4.78 is 22.1. The fourth-order valence-corrected chi connectivity index (χ4v) is 7.02. The Morgan fingerprint density at radius 1 is 0.707 bits per heavy atom. The molecule has 0 saturated heterocycles. The van der Waals surface area contributed by atoms with E-state index in [-0.39, 0.29) is 11.2 Å². The molecule has 2 heteroatoms. The topological polar surface area (TPSA) is 9.23 Å². The van der Waals surface area contributed by atoms with Gasteiger partial charge in [-0.05, 0) is 114 Å². The Labute approximate surface area is 249 Å². The van der Waals surface area contributed by atoms with E-state index in [2.05, 4.69) is 84.9 Å². The van der Waals surface area contributed by atoms with Gasteiger partial charge >= 0.3 is 0 Å². The summed E-state index contributed by atoms with van der Waals surface area (Å²) in [7, 11) is 0. The molecule has 0 N–H and O–H groups in total. The lowest BCUT2D eigenvalue weighted by atomic mass is 9.79. The molecule has 4 rings (SSSR count). The van der Waals surface area contributed by atoms with Crippen LogP contribution in [0.3, 0.4) is 0 Å². The largest absolute Gasteiger partial charge is 0.492 e. The highest BCUT2D eigenvalue weighted by molar-refractivity contribution is 5.75. The van der Waals surface area contributed by atoms with Gasteiger partial charge < -0.3 is 4.74 Å². The van der Waals surface area contributed by atoms with E-state index in [0.29, 0.717) is 11.5 Å². The van der Waals surface area contributed by atoms with Crippen molar-refractivity contribution < 1.29 is 9.13 Å². The lowest BCUT2D eigenvalue weighted by Crippen LogP contribution is -2.27. The second-order valence-corrected chi connectivity index (χ2v) is 12.6. The third-order valence-electron chi connectivity index (χ3n) is 10.4. The van der Waals surface area contributed by atoms with Crippen molar-refractivity contribution in [1.82, 2.24) is 0 Å². The van der Waals surface area contributed by atoms with Crippen LogP contribution in [-0.4, -0.2) is 6.61 Å². The Morgan fingerprint density at radius 3 is 1.80 bits per heavy atom. The fourth-order valence-electron chi connectivity index (χ4n) is 7.02. The van der Waals surface area contributed by atoms with Crippen LogP contribution in [-0.2, 0) is 19.3 Å². The predicted octanol–water partition coefficient (Wildman–Crippen LogP) is 11.7. The number of halogens is 1. The summed E-state index contributed by atoms with van der Waals surface area (Å²) in [6.07, 6.45) is 11.1. The van der Waals surface area contributed by atoms with Gasteiger partial charge in [0.25, 0.3) is 0 Å². The highest BCUT2D eigenvalue weighted by Crippen LogP contribution is 2.41. The minimum Gasteiger partial charge on any atom is -0.492 e. The van der Waals surface area contributed by atoms with Crippen molar-refractivity contribution in [3.63, 3.8) is 0 Å². The molecule has 1 nitrogen and oxygen atoms in total. The molecule has 0 amide bonds. The molecule has 0 bridgehead atoms. The van der Waals surface area contributed by atoms with E-state index in [1.165, 1.54) is 53.5 Å². The molecule has 0 spiro atoms. The van der Waals surface area contributed by atoms with Crippen molar-refractivity contribution in [2.75, 3.05) is 6.61 Å². The first kappa shape index (κ1) is 31.3. The minimum absolute atomic E-state index is 0.103. The van der Waals surface area contributed by atoms with Gasteiger partial charge in [0.05, 0.1) is 6.61 Å². The Balaban J connectivity index is 1.64. The maximum Gasteiger partial charge on any atom is 0.131 e. The summed E-state index contributed by atoms with van der Waals surface area (Å²) in [6, 6.07) is 16.8. The zero-order valence-corrected chi connectivity index (χ0v) is 26.8. The van der Waals surface area contributed by atoms with E-state index >= 15 is 4.39 Å². The van der Waals surface area contributed by atoms with Crippen molar-refractivity contribution in [1.29, 1.82) is 0 Å². The minimum atomic E-state index is -0.103. The summed E-state index contributed by atoms with van der Waals surface area (Å²) in [4.78, 5) is 0. The summed E-state index contributed by atoms with van der Waals surface area (Å²) in [5.41, 5.74) is 9.52. The molecular weight excluding hydrogens is 503 g/mol. The highest BCUT2D eigenvalue weighted by atomic mass is 19.1. The van der Waals surface area contributed by atoms with Crippen molar-refractivity contribution >= 4 is 0 Å². The van der Waals surface area contributed by atoms with Crippen LogP contribution in [0.1, 0.15) is 122 Å². The molecule has 1 fully saturated rings. The molecule has 3 aromatic carbocycles. The quantitative estimate of drug-likeness (QED) is 0.215. The molecule has 1 aliphatic carbocycles. The monoisotopic (exact) mass is 556 g/mol. The summed E-state index contributed by atoms with van der Waals surface area (Å²) in [5.74, 6) is 2.31. The Hall–Kier alpha value is -2.61. The van der Waals surface area contributed by atoms with Crippen molar-refractivity contribution in [3.05, 3.63) is 76.6 Å². The standard InChI is InChI=1S/C39H53FO/c1-8-28-24-36(33(9-2)34(10-3)38(28)41-26-39(11-4,12-5)13-6)31-20-18-30(19-21-31)35-23-22-32(25-37(35)40)29-16-14-27(7)15-17-29/h18-25,27,29H,8-17,26H2,1-7H3. The third-order valence-corrected chi connectivity index (χ3v) is 10.4. The zero-order valence-electron chi connectivity index (χ0n) is 26.8. The fraction of sp³-hybridized carbons (Fsp3) is 0.538. The maximum absolute atomic E-state index is 15.4. The Kier molecular flexibility index (Phi) is 10.7. The van der Waals surface area contributed by atoms with Gasteiger partial charge in [-0.1, -0.05) is 97.7 Å². The van der Waals surface area contributed by atoms with Gasteiger partial charge in [0, 0.05) is 11.0 Å². The van der Waals surface area contributed by atoms with Crippen LogP contribution < -0.4 is 4.74 Å². The first-order valence-electron chi connectivity index (χ1n) is 16.5. The van der Waals surface area contributed by atoms with E-state index in [9.17, 15) is 0 Å². The van der Waals surface area contributed by atoms with E-state index in [1.807, 2.05) is 6.07 Å². The van der Waals surface area contributed by atoms with E-state index < -0.39 is 0 Å².